The Morgan fingerprint density at radius 3 is 2.53 bits per heavy atom. The Morgan fingerprint density at radius 1 is 1.03 bits per heavy atom. The lowest BCUT2D eigenvalue weighted by molar-refractivity contribution is 0.109. The Morgan fingerprint density at radius 2 is 1.81 bits per heavy atom. The third-order valence-electron chi connectivity index (χ3n) is 6.91. The van der Waals surface area contributed by atoms with Crippen molar-refractivity contribution in [2.45, 2.75) is 50.2 Å². The zero-order chi connectivity index (χ0) is 21.7. The fourth-order valence-electron chi connectivity index (χ4n) is 5.49. The highest BCUT2D eigenvalue weighted by atomic mass is 16.2. The van der Waals surface area contributed by atoms with E-state index in [4.69, 9.17) is 0 Å². The van der Waals surface area contributed by atoms with Crippen molar-refractivity contribution in [2.24, 2.45) is 0 Å². The van der Waals surface area contributed by atoms with Crippen molar-refractivity contribution in [1.29, 1.82) is 0 Å². The van der Waals surface area contributed by atoms with Crippen LogP contribution in [0, 0.1) is 0 Å². The number of nitrogens with one attached hydrogen (secondary N) is 2. The molecule has 2 aliphatic rings. The van der Waals surface area contributed by atoms with Crippen LogP contribution in [0.15, 0.2) is 46.2 Å². The van der Waals surface area contributed by atoms with Gasteiger partial charge in [0.05, 0.1) is 6.33 Å². The summed E-state index contributed by atoms with van der Waals surface area (Å²) in [6.07, 6.45) is 6.94. The lowest BCUT2D eigenvalue weighted by Gasteiger charge is -2.39. The van der Waals surface area contributed by atoms with Crippen molar-refractivity contribution < 1.29 is 0 Å². The number of fused-ring (bicyclic) bond motifs is 3. The van der Waals surface area contributed by atoms with Gasteiger partial charge < -0.3 is 4.57 Å². The monoisotopic (exact) mass is 433 g/mol. The molecule has 11 nitrogen and oxygen atoms in total. The van der Waals surface area contributed by atoms with E-state index in [1.165, 1.54) is 23.0 Å². The van der Waals surface area contributed by atoms with Gasteiger partial charge in [-0.2, -0.15) is 5.21 Å². The summed E-state index contributed by atoms with van der Waals surface area (Å²) in [4.78, 5) is 34.3. The summed E-state index contributed by atoms with van der Waals surface area (Å²) in [5.74, 6) is 0.0845. The van der Waals surface area contributed by atoms with Gasteiger partial charge in [0.1, 0.15) is 0 Å². The topological polar surface area (TPSA) is 130 Å². The van der Waals surface area contributed by atoms with E-state index in [0.29, 0.717) is 17.7 Å². The van der Waals surface area contributed by atoms with Crippen LogP contribution in [0.2, 0.25) is 0 Å². The maximum atomic E-state index is 12.6. The van der Waals surface area contributed by atoms with Crippen LogP contribution in [0.25, 0.3) is 17.1 Å². The summed E-state index contributed by atoms with van der Waals surface area (Å²) in [6.45, 7) is 1.05. The van der Waals surface area contributed by atoms with Crippen LogP contribution in [0.1, 0.15) is 37.3 Å². The summed E-state index contributed by atoms with van der Waals surface area (Å²) in [5.41, 5.74) is 0.870. The SMILES string of the molecule is O=c1[nH]c(=O)n(-c2nn[nH]n2)c2c1ncn2C1CC2CCC(C1)N2CCc1ccccc1. The molecule has 0 radical (unpaired) electrons. The molecule has 1 aromatic carbocycles. The average molecular weight is 433 g/mol. The number of nitrogens with zero attached hydrogens (tertiary/aromatic N) is 7. The molecular formula is C21H23N9O2. The van der Waals surface area contributed by atoms with Crippen molar-refractivity contribution in [2.75, 3.05) is 6.54 Å². The van der Waals surface area contributed by atoms with Gasteiger partial charge in [0, 0.05) is 24.7 Å². The normalized spacial score (nSPS) is 23.2. The van der Waals surface area contributed by atoms with E-state index in [1.54, 1.807) is 6.33 Å². The Balaban J connectivity index is 1.32. The Kier molecular flexibility index (Phi) is 4.49. The predicted octanol–water partition coefficient (Wildman–Crippen LogP) is 0.799. The van der Waals surface area contributed by atoms with Crippen LogP contribution in [0.5, 0.6) is 0 Å². The van der Waals surface area contributed by atoms with Gasteiger partial charge in [0.2, 0.25) is 0 Å². The fraction of sp³-hybridized carbons (Fsp3) is 0.429. The number of hydrogen-bond donors (Lipinski definition) is 2. The van der Waals surface area contributed by atoms with E-state index in [9.17, 15) is 9.59 Å². The highest BCUT2D eigenvalue weighted by Gasteiger charge is 2.41. The lowest BCUT2D eigenvalue weighted by atomic mass is 9.96. The zero-order valence-electron chi connectivity index (χ0n) is 17.4. The maximum Gasteiger partial charge on any atom is 0.337 e. The molecule has 3 aromatic heterocycles. The number of hydrogen-bond acceptors (Lipinski definition) is 7. The summed E-state index contributed by atoms with van der Waals surface area (Å²) < 4.78 is 3.24. The van der Waals surface area contributed by atoms with Crippen molar-refractivity contribution in [3.8, 4) is 5.95 Å². The molecule has 32 heavy (non-hydrogen) atoms. The van der Waals surface area contributed by atoms with E-state index in [1.807, 2.05) is 10.6 Å². The summed E-state index contributed by atoms with van der Waals surface area (Å²) >= 11 is 0. The third-order valence-corrected chi connectivity index (χ3v) is 6.91. The molecule has 11 heteroatoms. The molecule has 0 aliphatic carbocycles. The number of H-pyrrole nitrogens is 2. The summed E-state index contributed by atoms with van der Waals surface area (Å²) in [6, 6.07) is 11.7. The van der Waals surface area contributed by atoms with Crippen LogP contribution < -0.4 is 11.2 Å². The molecule has 0 amide bonds. The zero-order valence-corrected chi connectivity index (χ0v) is 17.4. The van der Waals surface area contributed by atoms with Gasteiger partial charge in [0.25, 0.3) is 11.5 Å². The molecular weight excluding hydrogens is 410 g/mol. The summed E-state index contributed by atoms with van der Waals surface area (Å²) in [7, 11) is 0. The molecule has 5 heterocycles. The molecule has 2 saturated heterocycles. The molecule has 2 N–H and O–H groups in total. The predicted molar refractivity (Wildman–Crippen MR) is 116 cm³/mol. The number of tetrazole rings is 1. The van der Waals surface area contributed by atoms with Gasteiger partial charge in [-0.05, 0) is 42.9 Å². The van der Waals surface area contributed by atoms with Crippen LogP contribution in [0.3, 0.4) is 0 Å². The molecule has 4 aromatic rings. The number of imidazole rings is 1. The van der Waals surface area contributed by atoms with Crippen LogP contribution in [-0.2, 0) is 6.42 Å². The van der Waals surface area contributed by atoms with E-state index in [0.717, 1.165) is 25.8 Å². The molecule has 0 spiro atoms. The van der Waals surface area contributed by atoms with Gasteiger partial charge in [-0.15, -0.1) is 5.10 Å². The smallest absolute Gasteiger partial charge is 0.313 e. The van der Waals surface area contributed by atoms with E-state index >= 15 is 0 Å². The molecule has 164 valence electrons. The molecule has 0 saturated carbocycles. The average Bonchev–Trinajstić information content (AvgIpc) is 3.52. The van der Waals surface area contributed by atoms with Crippen LogP contribution in [-0.4, -0.2) is 63.3 Å². The first kappa shape index (κ1) is 19.1. The van der Waals surface area contributed by atoms with Gasteiger partial charge in [-0.3, -0.25) is 14.7 Å². The highest BCUT2D eigenvalue weighted by molar-refractivity contribution is 5.71. The van der Waals surface area contributed by atoms with Crippen molar-refractivity contribution >= 4 is 11.2 Å². The molecule has 2 unspecified atom stereocenters. The van der Waals surface area contributed by atoms with Gasteiger partial charge >= 0.3 is 5.69 Å². The quantitative estimate of drug-likeness (QED) is 0.476. The Bertz CT molecular complexity index is 1340. The van der Waals surface area contributed by atoms with E-state index in [2.05, 4.69) is 59.8 Å². The third kappa shape index (κ3) is 3.08. The number of rotatable bonds is 5. The Labute approximate surface area is 182 Å². The fourth-order valence-corrected chi connectivity index (χ4v) is 5.49. The second-order valence-corrected chi connectivity index (χ2v) is 8.61. The van der Waals surface area contributed by atoms with Gasteiger partial charge in [-0.1, -0.05) is 35.4 Å². The van der Waals surface area contributed by atoms with Crippen molar-refractivity contribution in [1.82, 2.24) is 44.6 Å². The minimum atomic E-state index is -0.603. The first-order chi connectivity index (χ1) is 15.7. The molecule has 2 aliphatic heterocycles. The van der Waals surface area contributed by atoms with Crippen LogP contribution in [0.4, 0.5) is 0 Å². The van der Waals surface area contributed by atoms with Crippen LogP contribution >= 0.6 is 0 Å². The molecule has 2 fully saturated rings. The Hall–Kier alpha value is -3.60. The van der Waals surface area contributed by atoms with E-state index in [-0.39, 0.29) is 17.5 Å². The molecule has 6 rings (SSSR count). The first-order valence-corrected chi connectivity index (χ1v) is 10.9. The van der Waals surface area contributed by atoms with Gasteiger partial charge in [0.15, 0.2) is 11.2 Å². The second kappa shape index (κ2) is 7.52. The number of piperidine rings is 1. The minimum Gasteiger partial charge on any atom is -0.313 e. The van der Waals surface area contributed by atoms with Crippen molar-refractivity contribution in [3.63, 3.8) is 0 Å². The summed E-state index contributed by atoms with van der Waals surface area (Å²) in [5, 5.41) is 13.8. The minimum absolute atomic E-state index is 0.0845. The molecule has 2 atom stereocenters. The number of benzene rings is 1. The number of aromatic nitrogens is 8. The van der Waals surface area contributed by atoms with Gasteiger partial charge in [-0.25, -0.2) is 14.3 Å². The first-order valence-electron chi connectivity index (χ1n) is 10.9. The standard InChI is InChI=1S/C21H23N9O2/c31-18-17-19(30(21(32)23-18)20-24-26-27-25-20)29(12-22-17)16-10-14-6-7-15(11-16)28(14)9-8-13-4-2-1-3-5-13/h1-5,12,14-16H,6-11H2,(H,23,31,32)(H,24,25,26,27). The highest BCUT2D eigenvalue weighted by Crippen LogP contribution is 2.41. The second-order valence-electron chi connectivity index (χ2n) is 8.61. The van der Waals surface area contributed by atoms with E-state index < -0.39 is 11.2 Å². The number of aromatic amines is 2. The van der Waals surface area contributed by atoms with Crippen molar-refractivity contribution in [3.05, 3.63) is 63.1 Å². The lowest BCUT2D eigenvalue weighted by Crippen LogP contribution is -2.44. The maximum absolute atomic E-state index is 12.6. The largest absolute Gasteiger partial charge is 0.337 e. The molecule has 2 bridgehead atoms.